The van der Waals surface area contributed by atoms with Gasteiger partial charge < -0.3 is 4.74 Å². The molecule has 0 aliphatic carbocycles. The van der Waals surface area contributed by atoms with Crippen molar-refractivity contribution >= 4 is 5.95 Å². The van der Waals surface area contributed by atoms with Gasteiger partial charge in [-0.1, -0.05) is 30.3 Å². The van der Waals surface area contributed by atoms with Crippen LogP contribution >= 0.6 is 0 Å². The maximum atomic E-state index is 5.33. The molecule has 0 aliphatic heterocycles. The van der Waals surface area contributed by atoms with Gasteiger partial charge in [-0.2, -0.15) is 20.1 Å². The molecule has 0 aliphatic rings. The Hall–Kier alpha value is -3.00. The van der Waals surface area contributed by atoms with Crippen molar-refractivity contribution in [3.63, 3.8) is 0 Å². The van der Waals surface area contributed by atoms with E-state index in [4.69, 9.17) is 10.6 Å². The first-order valence-electron chi connectivity index (χ1n) is 6.17. The van der Waals surface area contributed by atoms with Gasteiger partial charge in [0.25, 0.3) is 5.95 Å². The Bertz CT molecular complexity index is 719. The van der Waals surface area contributed by atoms with Gasteiger partial charge in [-0.3, -0.25) is 5.43 Å². The van der Waals surface area contributed by atoms with Gasteiger partial charge in [0, 0.05) is 11.8 Å². The second-order valence-corrected chi connectivity index (χ2v) is 4.13. The third kappa shape index (κ3) is 2.65. The number of nitrogen functional groups attached to an aromatic ring is 1. The Kier molecular flexibility index (Phi) is 3.44. The first-order chi connectivity index (χ1) is 10.3. The Balaban J connectivity index is 2.00. The quantitative estimate of drug-likeness (QED) is 0.544. The zero-order valence-corrected chi connectivity index (χ0v) is 11.3. The van der Waals surface area contributed by atoms with Gasteiger partial charge in [0.15, 0.2) is 0 Å². The van der Waals surface area contributed by atoms with Crippen LogP contribution in [0.4, 0.5) is 5.95 Å². The number of nitrogens with zero attached hydrogens (tertiary/aromatic N) is 5. The van der Waals surface area contributed by atoms with Crippen molar-refractivity contribution in [2.24, 2.45) is 5.84 Å². The highest BCUT2D eigenvalue weighted by atomic mass is 16.5. The average molecular weight is 283 g/mol. The van der Waals surface area contributed by atoms with Gasteiger partial charge in [-0.15, -0.1) is 0 Å². The first-order valence-corrected chi connectivity index (χ1v) is 6.17. The molecule has 1 aromatic carbocycles. The number of nitrogens with two attached hydrogens (primary N) is 1. The fraction of sp³-hybridized carbons (Fsp3) is 0.0769. The Morgan fingerprint density at radius 3 is 2.62 bits per heavy atom. The van der Waals surface area contributed by atoms with E-state index in [0.717, 1.165) is 11.1 Å². The third-order valence-electron chi connectivity index (χ3n) is 2.81. The number of rotatable bonds is 4. The molecule has 0 amide bonds. The molecule has 0 bridgehead atoms. The van der Waals surface area contributed by atoms with Crippen LogP contribution in [0.2, 0.25) is 0 Å². The summed E-state index contributed by atoms with van der Waals surface area (Å²) in [5, 5.41) is 4.25. The summed E-state index contributed by atoms with van der Waals surface area (Å²) in [5.74, 6) is 5.85. The topological polar surface area (TPSA) is 104 Å². The zero-order valence-electron chi connectivity index (χ0n) is 11.3. The number of hydrogen-bond donors (Lipinski definition) is 2. The number of hydrogen-bond acceptors (Lipinski definition) is 7. The maximum Gasteiger partial charge on any atom is 0.322 e. The maximum absolute atomic E-state index is 5.33. The molecular formula is C13H13N7O. The van der Waals surface area contributed by atoms with Crippen molar-refractivity contribution < 1.29 is 4.74 Å². The van der Waals surface area contributed by atoms with Crippen LogP contribution in [0.5, 0.6) is 6.01 Å². The van der Waals surface area contributed by atoms with E-state index in [1.54, 1.807) is 6.20 Å². The van der Waals surface area contributed by atoms with E-state index in [9.17, 15) is 0 Å². The van der Waals surface area contributed by atoms with Crippen LogP contribution in [0.3, 0.4) is 0 Å². The Morgan fingerprint density at radius 1 is 1.10 bits per heavy atom. The van der Waals surface area contributed by atoms with Crippen LogP contribution in [0.15, 0.2) is 42.7 Å². The summed E-state index contributed by atoms with van der Waals surface area (Å²) in [7, 11) is 1.47. The van der Waals surface area contributed by atoms with Crippen LogP contribution < -0.4 is 16.0 Å². The van der Waals surface area contributed by atoms with Gasteiger partial charge >= 0.3 is 6.01 Å². The second kappa shape index (κ2) is 5.55. The van der Waals surface area contributed by atoms with Crippen molar-refractivity contribution in [3.8, 4) is 23.1 Å². The average Bonchev–Trinajstić information content (AvgIpc) is 3.05. The van der Waals surface area contributed by atoms with E-state index >= 15 is 0 Å². The SMILES string of the molecule is COc1nc(NN)nc(-n2cc(-c3ccccc3)cn2)n1. The molecule has 0 unspecified atom stereocenters. The van der Waals surface area contributed by atoms with Gasteiger partial charge in [-0.25, -0.2) is 10.5 Å². The van der Waals surface area contributed by atoms with E-state index in [2.05, 4.69) is 25.5 Å². The van der Waals surface area contributed by atoms with E-state index in [0.29, 0.717) is 5.95 Å². The number of aromatic nitrogens is 5. The first kappa shape index (κ1) is 13.0. The molecule has 106 valence electrons. The van der Waals surface area contributed by atoms with E-state index < -0.39 is 0 Å². The van der Waals surface area contributed by atoms with Crippen molar-refractivity contribution in [3.05, 3.63) is 42.7 Å². The summed E-state index contributed by atoms with van der Waals surface area (Å²) in [5.41, 5.74) is 4.38. The molecule has 0 atom stereocenters. The molecule has 0 spiro atoms. The molecule has 2 heterocycles. The molecule has 3 rings (SSSR count). The highest BCUT2D eigenvalue weighted by molar-refractivity contribution is 5.61. The van der Waals surface area contributed by atoms with E-state index in [1.807, 2.05) is 36.5 Å². The number of benzene rings is 1. The lowest BCUT2D eigenvalue weighted by atomic mass is 10.1. The molecule has 3 N–H and O–H groups in total. The predicted octanol–water partition coefficient (Wildman–Crippen LogP) is 1.02. The summed E-state index contributed by atoms with van der Waals surface area (Å²) < 4.78 is 6.55. The monoisotopic (exact) mass is 283 g/mol. The summed E-state index contributed by atoms with van der Waals surface area (Å²) in [4.78, 5) is 12.2. The molecule has 8 nitrogen and oxygen atoms in total. The molecule has 3 aromatic rings. The number of hydrazine groups is 1. The number of anilines is 1. The lowest BCUT2D eigenvalue weighted by Crippen LogP contribution is -2.14. The molecule has 2 aromatic heterocycles. The standard InChI is InChI=1S/C13H13N7O/c1-21-13-17-11(19-14)16-12(18-13)20-8-10(7-15-20)9-5-3-2-4-6-9/h2-8H,14H2,1H3,(H,16,17,18,19). The fourth-order valence-corrected chi connectivity index (χ4v) is 1.82. The third-order valence-corrected chi connectivity index (χ3v) is 2.81. The minimum Gasteiger partial charge on any atom is -0.467 e. The minimum absolute atomic E-state index is 0.157. The predicted molar refractivity (Wildman–Crippen MR) is 76.7 cm³/mol. The van der Waals surface area contributed by atoms with Gasteiger partial charge in [-0.05, 0) is 5.56 Å². The van der Waals surface area contributed by atoms with Crippen molar-refractivity contribution in [1.82, 2.24) is 24.7 Å². The second-order valence-electron chi connectivity index (χ2n) is 4.13. The van der Waals surface area contributed by atoms with Crippen LogP contribution in [0.25, 0.3) is 17.1 Å². The number of nitrogens with one attached hydrogen (secondary N) is 1. The fourth-order valence-electron chi connectivity index (χ4n) is 1.82. The zero-order chi connectivity index (χ0) is 14.7. The minimum atomic E-state index is 0.157. The Labute approximate surface area is 120 Å². The molecule has 0 radical (unpaired) electrons. The lowest BCUT2D eigenvalue weighted by molar-refractivity contribution is 0.377. The summed E-state index contributed by atoms with van der Waals surface area (Å²) in [6.45, 7) is 0. The molecule has 8 heteroatoms. The summed E-state index contributed by atoms with van der Waals surface area (Å²) in [6, 6.07) is 10.1. The van der Waals surface area contributed by atoms with Crippen LogP contribution in [0.1, 0.15) is 0 Å². The van der Waals surface area contributed by atoms with E-state index in [1.165, 1.54) is 11.8 Å². The largest absolute Gasteiger partial charge is 0.467 e. The van der Waals surface area contributed by atoms with Crippen molar-refractivity contribution in [2.75, 3.05) is 12.5 Å². The normalized spacial score (nSPS) is 10.4. The highest BCUT2D eigenvalue weighted by Gasteiger charge is 2.10. The lowest BCUT2D eigenvalue weighted by Gasteiger charge is -2.04. The highest BCUT2D eigenvalue weighted by Crippen LogP contribution is 2.19. The molecule has 0 fully saturated rings. The van der Waals surface area contributed by atoms with Gasteiger partial charge in [0.2, 0.25) is 5.95 Å². The molecule has 21 heavy (non-hydrogen) atoms. The smallest absolute Gasteiger partial charge is 0.322 e. The van der Waals surface area contributed by atoms with Crippen LogP contribution in [0, 0.1) is 0 Å². The summed E-state index contributed by atoms with van der Waals surface area (Å²) >= 11 is 0. The van der Waals surface area contributed by atoms with Gasteiger partial charge in [0.1, 0.15) is 0 Å². The van der Waals surface area contributed by atoms with Crippen LogP contribution in [-0.2, 0) is 0 Å². The summed E-state index contributed by atoms with van der Waals surface area (Å²) in [6.07, 6.45) is 3.56. The number of methoxy groups -OCH3 is 1. The molecule has 0 saturated carbocycles. The van der Waals surface area contributed by atoms with Crippen molar-refractivity contribution in [2.45, 2.75) is 0 Å². The van der Waals surface area contributed by atoms with E-state index in [-0.39, 0.29) is 12.0 Å². The van der Waals surface area contributed by atoms with Gasteiger partial charge in [0.05, 0.1) is 13.3 Å². The van der Waals surface area contributed by atoms with Crippen LogP contribution in [-0.4, -0.2) is 31.8 Å². The number of ether oxygens (including phenoxy) is 1. The van der Waals surface area contributed by atoms with Crippen molar-refractivity contribution in [1.29, 1.82) is 0 Å². The Morgan fingerprint density at radius 2 is 1.90 bits per heavy atom. The molecule has 0 saturated heterocycles. The molecular weight excluding hydrogens is 270 g/mol.